The predicted octanol–water partition coefficient (Wildman–Crippen LogP) is 3.75. The van der Waals surface area contributed by atoms with E-state index in [9.17, 15) is 0 Å². The van der Waals surface area contributed by atoms with Crippen LogP contribution in [0.5, 0.6) is 0 Å². The summed E-state index contributed by atoms with van der Waals surface area (Å²) in [6, 6.07) is 0. The third kappa shape index (κ3) is 1.01. The molecule has 0 aliphatic carbocycles. The van der Waals surface area contributed by atoms with Gasteiger partial charge in [-0.25, -0.2) is 0 Å². The van der Waals surface area contributed by atoms with E-state index in [0.717, 1.165) is 5.92 Å². The molecule has 0 aromatic rings. The highest BCUT2D eigenvalue weighted by atomic mass is 15.4. The molecule has 2 fully saturated rings. The maximum atomic E-state index is 2.89. The average Bonchev–Trinajstić information content (AvgIpc) is 2.47. The Morgan fingerprint density at radius 1 is 1.25 bits per heavy atom. The normalized spacial score (nSPS) is 52.2. The molecule has 2 saturated heterocycles. The van der Waals surface area contributed by atoms with Crippen LogP contribution in [0.3, 0.4) is 0 Å². The first-order valence-electron chi connectivity index (χ1n) is 6.95. The fraction of sp³-hybridized carbons (Fsp3) is 0.867. The zero-order valence-electron chi connectivity index (χ0n) is 11.2. The van der Waals surface area contributed by atoms with Gasteiger partial charge in [-0.15, -0.1) is 0 Å². The van der Waals surface area contributed by atoms with E-state index in [0.29, 0.717) is 16.6 Å². The summed E-state index contributed by atoms with van der Waals surface area (Å²) in [6.45, 7) is 9.75. The van der Waals surface area contributed by atoms with Gasteiger partial charge in [0.2, 0.25) is 0 Å². The Kier molecular flexibility index (Phi) is 1.98. The molecule has 0 amide bonds. The fourth-order valence-electron chi connectivity index (χ4n) is 4.94. The van der Waals surface area contributed by atoms with E-state index in [4.69, 9.17) is 0 Å². The second kappa shape index (κ2) is 2.93. The van der Waals surface area contributed by atoms with Gasteiger partial charge in [0.15, 0.2) is 0 Å². The lowest BCUT2D eigenvalue weighted by Gasteiger charge is -2.69. The lowest BCUT2D eigenvalue weighted by atomic mass is 9.61. The van der Waals surface area contributed by atoms with Crippen molar-refractivity contribution in [2.75, 3.05) is 0 Å². The number of hydrogen-bond donors (Lipinski definition) is 0. The largest absolute Gasteiger partial charge is 0.283 e. The molecule has 0 aromatic carbocycles. The summed E-state index contributed by atoms with van der Waals surface area (Å²) < 4.78 is 0. The van der Waals surface area contributed by atoms with Crippen molar-refractivity contribution in [1.82, 2.24) is 4.90 Å². The van der Waals surface area contributed by atoms with E-state index in [1.54, 1.807) is 0 Å². The topological polar surface area (TPSA) is 3.24 Å². The van der Waals surface area contributed by atoms with E-state index in [1.165, 1.54) is 32.1 Å². The molecular weight excluding hydrogens is 194 g/mol. The third-order valence-corrected chi connectivity index (χ3v) is 5.79. The van der Waals surface area contributed by atoms with E-state index in [2.05, 4.69) is 44.7 Å². The quantitative estimate of drug-likeness (QED) is 0.639. The van der Waals surface area contributed by atoms with E-state index in [-0.39, 0.29) is 0 Å². The minimum Gasteiger partial charge on any atom is -0.283 e. The Labute approximate surface area is 99.9 Å². The molecule has 16 heavy (non-hydrogen) atoms. The molecule has 3 rings (SSSR count). The molecule has 1 heteroatoms. The van der Waals surface area contributed by atoms with Crippen LogP contribution < -0.4 is 0 Å². The molecular formula is C15H25N. The zero-order valence-corrected chi connectivity index (χ0v) is 11.2. The van der Waals surface area contributed by atoms with Crippen LogP contribution >= 0.6 is 0 Å². The Morgan fingerprint density at radius 3 is 2.62 bits per heavy atom. The highest BCUT2D eigenvalue weighted by molar-refractivity contribution is 5.33. The second-order valence-corrected chi connectivity index (χ2v) is 6.91. The first-order chi connectivity index (χ1) is 7.47. The van der Waals surface area contributed by atoms with Gasteiger partial charge in [-0.2, -0.15) is 0 Å². The Bertz CT molecular complexity index is 347. The van der Waals surface area contributed by atoms with Gasteiger partial charge in [0.05, 0.1) is 0 Å². The molecule has 0 spiro atoms. The van der Waals surface area contributed by atoms with E-state index >= 15 is 0 Å². The summed E-state index contributed by atoms with van der Waals surface area (Å²) in [5, 5.41) is 0. The van der Waals surface area contributed by atoms with Crippen molar-refractivity contribution >= 4 is 0 Å². The van der Waals surface area contributed by atoms with Crippen molar-refractivity contribution in [3.05, 3.63) is 12.2 Å². The fourth-order valence-corrected chi connectivity index (χ4v) is 4.94. The molecule has 0 N–H and O–H groups in total. The van der Waals surface area contributed by atoms with Crippen molar-refractivity contribution in [3.8, 4) is 0 Å². The molecule has 0 bridgehead atoms. The Balaban J connectivity index is 2.04. The molecule has 3 heterocycles. The van der Waals surface area contributed by atoms with Crippen LogP contribution in [-0.2, 0) is 0 Å². The molecule has 0 aromatic heterocycles. The summed E-state index contributed by atoms with van der Waals surface area (Å²) in [7, 11) is 0. The average molecular weight is 219 g/mol. The lowest BCUT2D eigenvalue weighted by Crippen LogP contribution is -2.76. The third-order valence-electron chi connectivity index (χ3n) is 5.79. The Hall–Kier alpha value is -0.300. The van der Waals surface area contributed by atoms with Crippen molar-refractivity contribution in [2.24, 2.45) is 5.92 Å². The predicted molar refractivity (Wildman–Crippen MR) is 68.4 cm³/mol. The van der Waals surface area contributed by atoms with Crippen molar-refractivity contribution < 1.29 is 0 Å². The Morgan fingerprint density at radius 2 is 1.94 bits per heavy atom. The molecule has 4 unspecified atom stereocenters. The van der Waals surface area contributed by atoms with Crippen LogP contribution in [0, 0.1) is 5.92 Å². The van der Waals surface area contributed by atoms with E-state index < -0.39 is 0 Å². The lowest BCUT2D eigenvalue weighted by molar-refractivity contribution is -0.162. The van der Waals surface area contributed by atoms with Gasteiger partial charge in [-0.1, -0.05) is 32.4 Å². The summed E-state index contributed by atoms with van der Waals surface area (Å²) in [5.41, 5.74) is 1.39. The van der Waals surface area contributed by atoms with Crippen LogP contribution in [0.4, 0.5) is 0 Å². The maximum Gasteiger partial charge on any atom is 0.0445 e. The van der Waals surface area contributed by atoms with Crippen molar-refractivity contribution in [2.45, 2.75) is 76.4 Å². The molecule has 0 radical (unpaired) electrons. The van der Waals surface area contributed by atoms with Crippen LogP contribution in [0.15, 0.2) is 12.2 Å². The summed E-state index contributed by atoms with van der Waals surface area (Å²) >= 11 is 0. The number of hydrogen-bond acceptors (Lipinski definition) is 1. The van der Waals surface area contributed by atoms with Crippen molar-refractivity contribution in [1.29, 1.82) is 0 Å². The molecule has 4 atom stereocenters. The van der Waals surface area contributed by atoms with Crippen LogP contribution in [0.1, 0.15) is 59.8 Å². The molecule has 90 valence electrons. The van der Waals surface area contributed by atoms with Gasteiger partial charge < -0.3 is 0 Å². The van der Waals surface area contributed by atoms with Gasteiger partial charge >= 0.3 is 0 Å². The molecule has 1 nitrogen and oxygen atoms in total. The zero-order chi connectivity index (χ0) is 11.6. The summed E-state index contributed by atoms with van der Waals surface area (Å²) in [4.78, 5) is 2.89. The highest BCUT2D eigenvalue weighted by Crippen LogP contribution is 2.63. The smallest absolute Gasteiger partial charge is 0.0445 e. The van der Waals surface area contributed by atoms with Crippen molar-refractivity contribution in [3.63, 3.8) is 0 Å². The van der Waals surface area contributed by atoms with Gasteiger partial charge in [0.25, 0.3) is 0 Å². The van der Waals surface area contributed by atoms with Gasteiger partial charge in [-0.05, 0) is 45.4 Å². The summed E-state index contributed by atoms with van der Waals surface area (Å²) in [6.07, 6.45) is 11.8. The van der Waals surface area contributed by atoms with Gasteiger partial charge in [0, 0.05) is 16.6 Å². The van der Waals surface area contributed by atoms with Crippen LogP contribution in [0.2, 0.25) is 0 Å². The highest BCUT2D eigenvalue weighted by Gasteiger charge is 2.68. The number of nitrogens with zero attached hydrogens (tertiary/aromatic N) is 1. The first-order valence-corrected chi connectivity index (χ1v) is 6.95. The summed E-state index contributed by atoms with van der Waals surface area (Å²) in [5.74, 6) is 0.801. The minimum atomic E-state index is 0.410. The second-order valence-electron chi connectivity index (χ2n) is 6.91. The van der Waals surface area contributed by atoms with Crippen LogP contribution in [0.25, 0.3) is 0 Å². The minimum absolute atomic E-state index is 0.410. The SMILES string of the molecule is CCC(C)C12C=CCC3(C)CCC(C)(C1)N32. The monoisotopic (exact) mass is 219 g/mol. The van der Waals surface area contributed by atoms with Crippen LogP contribution in [-0.4, -0.2) is 21.5 Å². The molecule has 3 aliphatic rings. The maximum absolute atomic E-state index is 2.89. The standard InChI is InChI=1S/C15H25N/c1-5-12(2)15-8-6-7-13(3)9-10-14(4,11-15)16(13)15/h6,8,12H,5,7,9-11H2,1-4H3. The number of rotatable bonds is 2. The van der Waals surface area contributed by atoms with E-state index in [1.807, 2.05) is 0 Å². The van der Waals surface area contributed by atoms with Gasteiger partial charge in [-0.3, -0.25) is 4.90 Å². The molecule has 0 saturated carbocycles. The first kappa shape index (κ1) is 10.8. The van der Waals surface area contributed by atoms with Gasteiger partial charge in [0.1, 0.15) is 0 Å². The molecule has 3 aliphatic heterocycles.